The molecule has 2 aromatic carbocycles. The van der Waals surface area contributed by atoms with Crippen LogP contribution in [-0.4, -0.2) is 42.4 Å². The molecule has 0 fully saturated rings. The van der Waals surface area contributed by atoms with Crippen molar-refractivity contribution in [3.8, 4) is 11.5 Å². The van der Waals surface area contributed by atoms with E-state index < -0.39 is 10.0 Å². The maximum atomic E-state index is 13.1. The van der Waals surface area contributed by atoms with Crippen molar-refractivity contribution in [3.63, 3.8) is 0 Å². The summed E-state index contributed by atoms with van der Waals surface area (Å²) in [5, 5.41) is 0.462. The van der Waals surface area contributed by atoms with Gasteiger partial charge in [-0.25, -0.2) is 13.4 Å². The number of para-hydroxylation sites is 1. The minimum absolute atomic E-state index is 0.0483. The van der Waals surface area contributed by atoms with Gasteiger partial charge in [0, 0.05) is 12.6 Å². The van der Waals surface area contributed by atoms with E-state index in [0.717, 1.165) is 0 Å². The number of ether oxygens (including phenoxy) is 2. The van der Waals surface area contributed by atoms with Gasteiger partial charge in [-0.15, -0.1) is 0 Å². The van der Waals surface area contributed by atoms with Crippen molar-refractivity contribution >= 4 is 20.9 Å². The molecule has 3 aromatic rings. The van der Waals surface area contributed by atoms with Crippen LogP contribution < -0.4 is 15.0 Å². The highest BCUT2D eigenvalue weighted by Gasteiger charge is 2.26. The molecule has 1 aliphatic heterocycles. The second-order valence-electron chi connectivity index (χ2n) is 6.27. The number of fused-ring (bicyclic) bond motifs is 2. The molecule has 0 aliphatic carbocycles. The first-order valence-electron chi connectivity index (χ1n) is 8.87. The fraction of sp³-hybridized carbons (Fsp3) is 0.263. The maximum Gasteiger partial charge on any atom is 0.258 e. The average Bonchev–Trinajstić information content (AvgIpc) is 2.71. The summed E-state index contributed by atoms with van der Waals surface area (Å²) >= 11 is 0. The summed E-state index contributed by atoms with van der Waals surface area (Å²) in [6.07, 6.45) is 0. The van der Waals surface area contributed by atoms with E-state index >= 15 is 0 Å². The van der Waals surface area contributed by atoms with Gasteiger partial charge in [0.25, 0.3) is 5.56 Å². The molecule has 9 heteroatoms. The van der Waals surface area contributed by atoms with Crippen LogP contribution in [0.2, 0.25) is 0 Å². The number of nitrogens with zero attached hydrogens (tertiary/aromatic N) is 2. The Bertz CT molecular complexity index is 1190. The van der Waals surface area contributed by atoms with Crippen molar-refractivity contribution in [2.45, 2.75) is 18.4 Å². The van der Waals surface area contributed by atoms with Crippen LogP contribution in [0.1, 0.15) is 12.7 Å². The third kappa shape index (κ3) is 3.34. The molecular formula is C19H19N3O5S. The first kappa shape index (κ1) is 18.5. The predicted molar refractivity (Wildman–Crippen MR) is 103 cm³/mol. The highest BCUT2D eigenvalue weighted by molar-refractivity contribution is 7.89. The SMILES string of the molecule is CCN(Cc1nc2ccccc2c(=O)[nH]1)S(=O)(=O)c1ccc2c(c1)OCCO2. The highest BCUT2D eigenvalue weighted by atomic mass is 32.2. The minimum Gasteiger partial charge on any atom is -0.486 e. The molecule has 0 saturated carbocycles. The van der Waals surface area contributed by atoms with Gasteiger partial charge in [-0.1, -0.05) is 19.1 Å². The summed E-state index contributed by atoms with van der Waals surface area (Å²) in [7, 11) is -3.81. The first-order valence-corrected chi connectivity index (χ1v) is 10.3. The van der Waals surface area contributed by atoms with E-state index in [1.165, 1.54) is 16.4 Å². The van der Waals surface area contributed by atoms with Gasteiger partial charge < -0.3 is 14.5 Å². The number of sulfonamides is 1. The van der Waals surface area contributed by atoms with Gasteiger partial charge in [-0.3, -0.25) is 4.79 Å². The van der Waals surface area contributed by atoms with E-state index in [9.17, 15) is 13.2 Å². The molecule has 28 heavy (non-hydrogen) atoms. The minimum atomic E-state index is -3.81. The van der Waals surface area contributed by atoms with E-state index in [4.69, 9.17) is 9.47 Å². The van der Waals surface area contributed by atoms with Crippen LogP contribution in [0.3, 0.4) is 0 Å². The topological polar surface area (TPSA) is 102 Å². The number of rotatable bonds is 5. The Morgan fingerprint density at radius 1 is 1.11 bits per heavy atom. The van der Waals surface area contributed by atoms with Gasteiger partial charge in [0.2, 0.25) is 10.0 Å². The van der Waals surface area contributed by atoms with Crippen molar-refractivity contribution in [1.29, 1.82) is 0 Å². The van der Waals surface area contributed by atoms with Crippen molar-refractivity contribution in [2.75, 3.05) is 19.8 Å². The number of benzene rings is 2. The molecule has 4 rings (SSSR count). The number of H-pyrrole nitrogens is 1. The number of aromatic nitrogens is 2. The molecule has 1 aromatic heterocycles. The summed E-state index contributed by atoms with van der Waals surface area (Å²) in [5.41, 5.74) is 0.224. The quantitative estimate of drug-likeness (QED) is 0.701. The van der Waals surface area contributed by atoms with Gasteiger partial charge in [-0.2, -0.15) is 4.31 Å². The Balaban J connectivity index is 1.67. The third-order valence-electron chi connectivity index (χ3n) is 4.49. The van der Waals surface area contributed by atoms with Gasteiger partial charge in [0.1, 0.15) is 19.0 Å². The van der Waals surface area contributed by atoms with Crippen LogP contribution in [-0.2, 0) is 16.6 Å². The predicted octanol–water partition coefficient (Wildman–Crippen LogP) is 1.91. The summed E-state index contributed by atoms with van der Waals surface area (Å²) in [6.45, 7) is 2.70. The number of hydrogen-bond donors (Lipinski definition) is 1. The fourth-order valence-electron chi connectivity index (χ4n) is 3.08. The Morgan fingerprint density at radius 3 is 2.64 bits per heavy atom. The van der Waals surface area contributed by atoms with Crippen LogP contribution in [0.15, 0.2) is 52.2 Å². The Kier molecular flexibility index (Phi) is 4.78. The molecule has 1 aliphatic rings. The smallest absolute Gasteiger partial charge is 0.258 e. The molecule has 0 spiro atoms. The zero-order chi connectivity index (χ0) is 19.7. The molecule has 0 radical (unpaired) electrons. The monoisotopic (exact) mass is 401 g/mol. The third-order valence-corrected chi connectivity index (χ3v) is 6.41. The molecule has 0 unspecified atom stereocenters. The Morgan fingerprint density at radius 2 is 1.86 bits per heavy atom. The van der Waals surface area contributed by atoms with Gasteiger partial charge >= 0.3 is 0 Å². The normalized spacial score (nSPS) is 13.8. The van der Waals surface area contributed by atoms with Crippen LogP contribution in [0.4, 0.5) is 0 Å². The maximum absolute atomic E-state index is 13.1. The van der Waals surface area contributed by atoms with E-state index in [0.29, 0.717) is 35.6 Å². The summed E-state index contributed by atoms with van der Waals surface area (Å²) in [6, 6.07) is 11.5. The van der Waals surface area contributed by atoms with Gasteiger partial charge in [0.05, 0.1) is 22.3 Å². The largest absolute Gasteiger partial charge is 0.486 e. The van der Waals surface area contributed by atoms with Gasteiger partial charge in [0.15, 0.2) is 11.5 Å². The molecular weight excluding hydrogens is 382 g/mol. The summed E-state index contributed by atoms with van der Waals surface area (Å²) < 4.78 is 38.4. The average molecular weight is 401 g/mol. The lowest BCUT2D eigenvalue weighted by Crippen LogP contribution is -2.32. The number of aromatic amines is 1. The molecule has 0 amide bonds. The zero-order valence-corrected chi connectivity index (χ0v) is 16.0. The van der Waals surface area contributed by atoms with E-state index in [1.54, 1.807) is 37.3 Å². The lowest BCUT2D eigenvalue weighted by atomic mass is 10.2. The molecule has 8 nitrogen and oxygen atoms in total. The standard InChI is InChI=1S/C19H19N3O5S/c1-2-22(12-18-20-15-6-4-3-5-14(15)19(23)21-18)28(24,25)13-7-8-16-17(11-13)27-10-9-26-16/h3-8,11H,2,9-10,12H2,1H3,(H,20,21,23). The first-order chi connectivity index (χ1) is 13.5. The van der Waals surface area contributed by atoms with Crippen molar-refractivity contribution < 1.29 is 17.9 Å². The highest BCUT2D eigenvalue weighted by Crippen LogP contribution is 2.33. The Labute approximate surface area is 161 Å². The molecule has 1 N–H and O–H groups in total. The molecule has 146 valence electrons. The van der Waals surface area contributed by atoms with Crippen LogP contribution >= 0.6 is 0 Å². The zero-order valence-electron chi connectivity index (χ0n) is 15.2. The molecule has 2 heterocycles. The number of hydrogen-bond acceptors (Lipinski definition) is 6. The fourth-order valence-corrected chi connectivity index (χ4v) is 4.50. The van der Waals surface area contributed by atoms with Crippen LogP contribution in [0.25, 0.3) is 10.9 Å². The van der Waals surface area contributed by atoms with Crippen molar-refractivity contribution in [1.82, 2.24) is 14.3 Å². The summed E-state index contributed by atoms with van der Waals surface area (Å²) in [4.78, 5) is 19.4. The van der Waals surface area contributed by atoms with E-state index in [2.05, 4.69) is 9.97 Å². The second kappa shape index (κ2) is 7.25. The molecule has 0 saturated heterocycles. The Hall–Kier alpha value is -2.91. The second-order valence-corrected chi connectivity index (χ2v) is 8.20. The van der Waals surface area contributed by atoms with E-state index in [-0.39, 0.29) is 29.4 Å². The van der Waals surface area contributed by atoms with Gasteiger partial charge in [-0.05, 0) is 24.3 Å². The van der Waals surface area contributed by atoms with Crippen molar-refractivity contribution in [2.24, 2.45) is 0 Å². The van der Waals surface area contributed by atoms with Crippen LogP contribution in [0.5, 0.6) is 11.5 Å². The lowest BCUT2D eigenvalue weighted by molar-refractivity contribution is 0.171. The van der Waals surface area contributed by atoms with Crippen molar-refractivity contribution in [3.05, 3.63) is 58.6 Å². The summed E-state index contributed by atoms with van der Waals surface area (Å²) in [5.74, 6) is 1.21. The number of nitrogens with one attached hydrogen (secondary N) is 1. The lowest BCUT2D eigenvalue weighted by Gasteiger charge is -2.22. The van der Waals surface area contributed by atoms with Crippen LogP contribution in [0, 0.1) is 0 Å². The molecule has 0 atom stereocenters. The van der Waals surface area contributed by atoms with E-state index in [1.807, 2.05) is 0 Å². The molecule has 0 bridgehead atoms.